The Morgan fingerprint density at radius 3 is 2.11 bits per heavy atom. The van der Waals surface area contributed by atoms with Gasteiger partial charge in [0.15, 0.2) is 5.78 Å². The van der Waals surface area contributed by atoms with Gasteiger partial charge in [-0.05, 0) is 36.8 Å². The molecule has 35 heavy (non-hydrogen) atoms. The van der Waals surface area contributed by atoms with Crippen molar-refractivity contribution in [2.24, 2.45) is 0 Å². The largest absolute Gasteiger partial charge is 0.494 e. The third-order valence-electron chi connectivity index (χ3n) is 5.94. The fraction of sp³-hybridized carbons (Fsp3) is 0.185. The summed E-state index contributed by atoms with van der Waals surface area (Å²) in [6, 6.07) is 20.9. The first-order valence-corrected chi connectivity index (χ1v) is 12.7. The zero-order chi connectivity index (χ0) is 25.2. The van der Waals surface area contributed by atoms with E-state index in [0.717, 1.165) is 11.0 Å². The number of hydrogen-bond donors (Lipinski definition) is 1. The SMILES string of the molecule is CCCCN(C)S(=O)(=O)c1ccc2c(c1)c(C(=O)c1ccccc1)c(O)n2C(=O)c1ccccc1. The molecule has 0 atom stereocenters. The smallest absolute Gasteiger partial charge is 0.265 e. The summed E-state index contributed by atoms with van der Waals surface area (Å²) in [7, 11) is -2.33. The molecule has 0 amide bonds. The van der Waals surface area contributed by atoms with Gasteiger partial charge >= 0.3 is 0 Å². The molecular weight excluding hydrogens is 464 g/mol. The van der Waals surface area contributed by atoms with Gasteiger partial charge in [-0.3, -0.25) is 9.59 Å². The highest BCUT2D eigenvalue weighted by molar-refractivity contribution is 7.89. The first kappa shape index (κ1) is 24.4. The molecule has 1 N–H and O–H groups in total. The molecule has 7 nitrogen and oxygen atoms in total. The lowest BCUT2D eigenvalue weighted by atomic mass is 10.0. The summed E-state index contributed by atoms with van der Waals surface area (Å²) in [6.07, 6.45) is 1.55. The Morgan fingerprint density at radius 2 is 1.51 bits per heavy atom. The second-order valence-corrected chi connectivity index (χ2v) is 10.3. The second kappa shape index (κ2) is 9.85. The molecule has 1 aromatic heterocycles. The number of aromatic hydroxyl groups is 1. The molecule has 0 saturated carbocycles. The summed E-state index contributed by atoms with van der Waals surface area (Å²) < 4.78 is 28.7. The van der Waals surface area contributed by atoms with Crippen molar-refractivity contribution in [3.8, 4) is 5.88 Å². The van der Waals surface area contributed by atoms with Crippen molar-refractivity contribution < 1.29 is 23.1 Å². The van der Waals surface area contributed by atoms with Crippen LogP contribution in [0.5, 0.6) is 5.88 Å². The van der Waals surface area contributed by atoms with Crippen LogP contribution in [0.3, 0.4) is 0 Å². The monoisotopic (exact) mass is 490 g/mol. The average Bonchev–Trinajstić information content (AvgIpc) is 3.18. The van der Waals surface area contributed by atoms with Crippen molar-refractivity contribution in [2.45, 2.75) is 24.7 Å². The van der Waals surface area contributed by atoms with E-state index in [9.17, 15) is 23.1 Å². The lowest BCUT2D eigenvalue weighted by Crippen LogP contribution is -2.27. The summed E-state index contributed by atoms with van der Waals surface area (Å²) in [5, 5.41) is 11.3. The molecule has 180 valence electrons. The first-order valence-electron chi connectivity index (χ1n) is 11.3. The molecule has 0 fully saturated rings. The van der Waals surface area contributed by atoms with E-state index in [1.54, 1.807) is 60.7 Å². The van der Waals surface area contributed by atoms with E-state index in [0.29, 0.717) is 24.1 Å². The molecule has 4 rings (SSSR count). The van der Waals surface area contributed by atoms with Crippen LogP contribution in [0.15, 0.2) is 83.8 Å². The number of rotatable bonds is 8. The van der Waals surface area contributed by atoms with E-state index in [1.165, 1.54) is 29.6 Å². The molecule has 0 unspecified atom stereocenters. The standard InChI is InChI=1S/C27H26N2O5S/c1-3-4-17-28(2)35(33,34)21-15-16-23-22(18-21)24(25(30)19-11-7-5-8-12-19)27(32)29(23)26(31)20-13-9-6-10-14-20/h5-16,18,32H,3-4,17H2,1-2H3. The molecule has 0 aliphatic carbocycles. The number of sulfonamides is 1. The number of carbonyl (C=O) groups excluding carboxylic acids is 2. The number of benzene rings is 3. The fourth-order valence-electron chi connectivity index (χ4n) is 3.97. The summed E-state index contributed by atoms with van der Waals surface area (Å²) in [4.78, 5) is 26.8. The highest BCUT2D eigenvalue weighted by Gasteiger charge is 2.29. The number of fused-ring (bicyclic) bond motifs is 1. The van der Waals surface area contributed by atoms with Gasteiger partial charge in [0, 0.05) is 30.1 Å². The molecule has 0 aliphatic rings. The van der Waals surface area contributed by atoms with Crippen molar-refractivity contribution in [1.29, 1.82) is 0 Å². The molecule has 3 aromatic carbocycles. The van der Waals surface area contributed by atoms with Crippen LogP contribution in [0, 0.1) is 0 Å². The molecular formula is C27H26N2O5S. The summed E-state index contributed by atoms with van der Waals surface area (Å²) in [6.45, 7) is 2.33. The summed E-state index contributed by atoms with van der Waals surface area (Å²) in [5.74, 6) is -1.57. The molecule has 0 radical (unpaired) electrons. The van der Waals surface area contributed by atoms with E-state index < -0.39 is 27.6 Å². The van der Waals surface area contributed by atoms with Crippen molar-refractivity contribution in [2.75, 3.05) is 13.6 Å². The number of ketones is 1. The zero-order valence-corrected chi connectivity index (χ0v) is 20.3. The fourth-order valence-corrected chi connectivity index (χ4v) is 5.21. The first-order chi connectivity index (χ1) is 16.8. The maximum Gasteiger partial charge on any atom is 0.265 e. The minimum absolute atomic E-state index is 0.0185. The maximum absolute atomic E-state index is 13.4. The third-order valence-corrected chi connectivity index (χ3v) is 7.79. The van der Waals surface area contributed by atoms with Gasteiger partial charge in [0.25, 0.3) is 5.91 Å². The molecule has 4 aromatic rings. The predicted octanol–water partition coefficient (Wildman–Crippen LogP) is 4.69. The van der Waals surface area contributed by atoms with E-state index in [2.05, 4.69) is 0 Å². The Bertz CT molecular complexity index is 1490. The van der Waals surface area contributed by atoms with Gasteiger partial charge in [-0.2, -0.15) is 0 Å². The number of aromatic nitrogens is 1. The molecule has 0 aliphatic heterocycles. The van der Waals surface area contributed by atoms with Crippen LogP contribution < -0.4 is 0 Å². The van der Waals surface area contributed by atoms with Crippen molar-refractivity contribution in [3.63, 3.8) is 0 Å². The Kier molecular flexibility index (Phi) is 6.86. The molecule has 0 saturated heterocycles. The highest BCUT2D eigenvalue weighted by Crippen LogP contribution is 2.35. The lowest BCUT2D eigenvalue weighted by Gasteiger charge is -2.17. The van der Waals surface area contributed by atoms with Gasteiger partial charge in [-0.25, -0.2) is 17.3 Å². The van der Waals surface area contributed by atoms with Crippen molar-refractivity contribution >= 4 is 32.6 Å². The third kappa shape index (κ3) is 4.50. The highest BCUT2D eigenvalue weighted by atomic mass is 32.2. The molecule has 0 bridgehead atoms. The number of carbonyl (C=O) groups is 2. The molecule has 8 heteroatoms. The second-order valence-electron chi connectivity index (χ2n) is 8.26. The van der Waals surface area contributed by atoms with Gasteiger partial charge in [-0.15, -0.1) is 0 Å². The Balaban J connectivity index is 1.95. The van der Waals surface area contributed by atoms with Crippen LogP contribution in [0.4, 0.5) is 0 Å². The van der Waals surface area contributed by atoms with Crippen LogP contribution in [-0.4, -0.2) is 47.7 Å². The normalized spacial score (nSPS) is 11.7. The molecule has 1 heterocycles. The van der Waals surface area contributed by atoms with E-state index in [1.807, 2.05) is 6.92 Å². The van der Waals surface area contributed by atoms with Crippen LogP contribution >= 0.6 is 0 Å². The average molecular weight is 491 g/mol. The maximum atomic E-state index is 13.4. The van der Waals surface area contributed by atoms with E-state index in [-0.39, 0.29) is 21.4 Å². The van der Waals surface area contributed by atoms with Crippen LogP contribution in [0.1, 0.15) is 46.0 Å². The van der Waals surface area contributed by atoms with Crippen molar-refractivity contribution in [3.05, 3.63) is 95.6 Å². The number of nitrogens with zero attached hydrogens (tertiary/aromatic N) is 2. The summed E-state index contributed by atoms with van der Waals surface area (Å²) >= 11 is 0. The van der Waals surface area contributed by atoms with E-state index in [4.69, 9.17) is 0 Å². The van der Waals surface area contributed by atoms with Gasteiger partial charge in [0.2, 0.25) is 15.9 Å². The quantitative estimate of drug-likeness (QED) is 0.362. The topological polar surface area (TPSA) is 96.7 Å². The number of unbranched alkanes of at least 4 members (excludes halogenated alkanes) is 1. The summed E-state index contributed by atoms with van der Waals surface area (Å²) in [5.41, 5.74) is 0.742. The van der Waals surface area contributed by atoms with Gasteiger partial charge in [-0.1, -0.05) is 61.9 Å². The Morgan fingerprint density at radius 1 is 0.914 bits per heavy atom. The van der Waals surface area contributed by atoms with Crippen molar-refractivity contribution in [1.82, 2.24) is 8.87 Å². The van der Waals surface area contributed by atoms with Gasteiger partial charge in [0.1, 0.15) is 0 Å². The Hall–Kier alpha value is -3.75. The molecule has 0 spiro atoms. The van der Waals surface area contributed by atoms with Crippen LogP contribution in [0.2, 0.25) is 0 Å². The zero-order valence-electron chi connectivity index (χ0n) is 19.5. The van der Waals surface area contributed by atoms with Gasteiger partial charge in [0.05, 0.1) is 16.0 Å². The Labute approximate surface area is 204 Å². The minimum Gasteiger partial charge on any atom is -0.494 e. The van der Waals surface area contributed by atoms with E-state index >= 15 is 0 Å². The van der Waals surface area contributed by atoms with Gasteiger partial charge < -0.3 is 5.11 Å². The van der Waals surface area contributed by atoms with Crippen LogP contribution in [-0.2, 0) is 10.0 Å². The lowest BCUT2D eigenvalue weighted by molar-refractivity contribution is 0.0956. The number of hydrogen-bond acceptors (Lipinski definition) is 5. The predicted molar refractivity (Wildman–Crippen MR) is 134 cm³/mol. The van der Waals surface area contributed by atoms with Crippen LogP contribution in [0.25, 0.3) is 10.9 Å². The minimum atomic E-state index is -3.84.